The lowest BCUT2D eigenvalue weighted by Crippen LogP contribution is -2.17. The Bertz CT molecular complexity index is 1550. The predicted molar refractivity (Wildman–Crippen MR) is 147 cm³/mol. The molecule has 0 saturated carbocycles. The SMILES string of the molecule is COC(=O)CCc1ccc2c(c1)nc(Nc1ccc(OC(F)(F)F)cc1)n2C(c1ccccc1)c1ccccc1. The lowest BCUT2D eigenvalue weighted by molar-refractivity contribution is -0.274. The van der Waals surface area contributed by atoms with Crippen molar-refractivity contribution in [2.75, 3.05) is 12.4 Å². The number of imidazole rings is 1. The second kappa shape index (κ2) is 11.5. The maximum absolute atomic E-state index is 12.6. The van der Waals surface area contributed by atoms with Gasteiger partial charge in [0, 0.05) is 12.1 Å². The van der Waals surface area contributed by atoms with Gasteiger partial charge in [0.1, 0.15) is 5.75 Å². The molecular formula is C31H26F3N3O3. The van der Waals surface area contributed by atoms with E-state index in [0.717, 1.165) is 22.2 Å². The number of fused-ring (bicyclic) bond motifs is 1. The van der Waals surface area contributed by atoms with E-state index in [1.807, 2.05) is 78.9 Å². The first kappa shape index (κ1) is 26.8. The first-order valence-corrected chi connectivity index (χ1v) is 12.6. The summed E-state index contributed by atoms with van der Waals surface area (Å²) in [4.78, 5) is 16.6. The average Bonchev–Trinajstić information content (AvgIpc) is 3.30. The number of benzene rings is 4. The van der Waals surface area contributed by atoms with E-state index < -0.39 is 6.36 Å². The van der Waals surface area contributed by atoms with Crippen molar-refractivity contribution in [3.05, 3.63) is 120 Å². The number of esters is 1. The number of alkyl halides is 3. The Morgan fingerprint density at radius 3 is 2.10 bits per heavy atom. The van der Waals surface area contributed by atoms with Crippen LogP contribution in [0.15, 0.2) is 103 Å². The zero-order valence-corrected chi connectivity index (χ0v) is 21.6. The molecule has 40 heavy (non-hydrogen) atoms. The topological polar surface area (TPSA) is 65.4 Å². The van der Waals surface area contributed by atoms with Gasteiger partial charge in [-0.05, 0) is 59.5 Å². The lowest BCUT2D eigenvalue weighted by atomic mass is 9.98. The minimum absolute atomic E-state index is 0.247. The van der Waals surface area contributed by atoms with Crippen LogP contribution in [0.3, 0.4) is 0 Å². The summed E-state index contributed by atoms with van der Waals surface area (Å²) in [5.74, 6) is -0.102. The van der Waals surface area contributed by atoms with Crippen molar-refractivity contribution in [2.24, 2.45) is 0 Å². The highest BCUT2D eigenvalue weighted by atomic mass is 19.4. The number of nitrogens with zero attached hydrogens (tertiary/aromatic N) is 2. The average molecular weight is 546 g/mol. The largest absolute Gasteiger partial charge is 0.573 e. The maximum atomic E-state index is 12.6. The van der Waals surface area contributed by atoms with Crippen molar-refractivity contribution in [3.8, 4) is 5.75 Å². The fourth-order valence-corrected chi connectivity index (χ4v) is 4.63. The number of carbonyl (C=O) groups is 1. The van der Waals surface area contributed by atoms with E-state index in [1.54, 1.807) is 0 Å². The molecule has 0 amide bonds. The quantitative estimate of drug-likeness (QED) is 0.195. The zero-order chi connectivity index (χ0) is 28.1. The summed E-state index contributed by atoms with van der Waals surface area (Å²) in [7, 11) is 1.36. The van der Waals surface area contributed by atoms with Crippen molar-refractivity contribution in [2.45, 2.75) is 25.2 Å². The van der Waals surface area contributed by atoms with Crippen LogP contribution in [-0.2, 0) is 16.0 Å². The van der Waals surface area contributed by atoms with Crippen LogP contribution < -0.4 is 10.1 Å². The van der Waals surface area contributed by atoms with Gasteiger partial charge in [0.2, 0.25) is 5.95 Å². The number of halogens is 3. The third-order valence-electron chi connectivity index (χ3n) is 6.43. The molecule has 1 aromatic heterocycles. The molecule has 0 aliphatic rings. The Morgan fingerprint density at radius 1 is 0.900 bits per heavy atom. The molecule has 1 N–H and O–H groups in total. The molecule has 0 saturated heterocycles. The summed E-state index contributed by atoms with van der Waals surface area (Å²) < 4.78 is 48.8. The van der Waals surface area contributed by atoms with Crippen molar-refractivity contribution in [1.82, 2.24) is 9.55 Å². The van der Waals surface area contributed by atoms with Gasteiger partial charge in [0.05, 0.1) is 24.2 Å². The molecule has 4 aromatic carbocycles. The lowest BCUT2D eigenvalue weighted by Gasteiger charge is -2.23. The Balaban J connectivity index is 1.61. The minimum atomic E-state index is -4.77. The third kappa shape index (κ3) is 6.26. The summed E-state index contributed by atoms with van der Waals surface area (Å²) >= 11 is 0. The van der Waals surface area contributed by atoms with Gasteiger partial charge >= 0.3 is 12.3 Å². The Labute approximate surface area is 229 Å². The Morgan fingerprint density at radius 2 is 1.52 bits per heavy atom. The Hall–Kier alpha value is -4.79. The molecule has 0 aliphatic heterocycles. The maximum Gasteiger partial charge on any atom is 0.573 e. The highest BCUT2D eigenvalue weighted by Gasteiger charge is 2.31. The van der Waals surface area contributed by atoms with Gasteiger partial charge in [-0.25, -0.2) is 4.98 Å². The fourth-order valence-electron chi connectivity index (χ4n) is 4.63. The van der Waals surface area contributed by atoms with E-state index in [4.69, 9.17) is 9.72 Å². The number of rotatable bonds is 9. The first-order chi connectivity index (χ1) is 19.3. The predicted octanol–water partition coefficient (Wildman–Crippen LogP) is 7.42. The number of aromatic nitrogens is 2. The van der Waals surface area contributed by atoms with E-state index >= 15 is 0 Å². The van der Waals surface area contributed by atoms with Crippen LogP contribution in [0.4, 0.5) is 24.8 Å². The molecule has 0 fully saturated rings. The smallest absolute Gasteiger partial charge is 0.469 e. The molecule has 6 nitrogen and oxygen atoms in total. The molecule has 5 rings (SSSR count). The molecule has 0 radical (unpaired) electrons. The standard InChI is InChI=1S/C31H26F3N3O3/c1-39-28(38)19-13-21-12-18-27-26(20-21)36-30(35-24-14-16-25(17-15-24)40-31(32,33)34)37(27)29(22-8-4-2-5-9-22)23-10-6-3-7-11-23/h2-12,14-18,20,29H,13,19H2,1H3,(H,35,36). The fraction of sp³-hybridized carbons (Fsp3) is 0.161. The molecule has 0 unspecified atom stereocenters. The van der Waals surface area contributed by atoms with E-state index in [9.17, 15) is 18.0 Å². The van der Waals surface area contributed by atoms with Gasteiger partial charge in [0.15, 0.2) is 0 Å². The van der Waals surface area contributed by atoms with Crippen molar-refractivity contribution >= 4 is 28.6 Å². The first-order valence-electron chi connectivity index (χ1n) is 12.6. The van der Waals surface area contributed by atoms with Crippen LogP contribution in [0.1, 0.15) is 29.2 Å². The summed E-state index contributed by atoms with van der Waals surface area (Å²) in [5, 5.41) is 3.29. The number of ether oxygens (including phenoxy) is 2. The molecule has 0 aliphatic carbocycles. The van der Waals surface area contributed by atoms with Crippen LogP contribution in [0, 0.1) is 0 Å². The number of hydrogen-bond acceptors (Lipinski definition) is 5. The summed E-state index contributed by atoms with van der Waals surface area (Å²) in [6.07, 6.45) is -4.02. The Kier molecular flexibility index (Phi) is 7.72. The van der Waals surface area contributed by atoms with Crippen LogP contribution in [0.2, 0.25) is 0 Å². The third-order valence-corrected chi connectivity index (χ3v) is 6.43. The molecule has 0 bridgehead atoms. The van der Waals surface area contributed by atoms with E-state index in [0.29, 0.717) is 23.6 Å². The molecule has 9 heteroatoms. The number of hydrogen-bond donors (Lipinski definition) is 1. The van der Waals surface area contributed by atoms with Gasteiger partial charge in [-0.3, -0.25) is 9.36 Å². The number of aryl methyl sites for hydroxylation is 1. The summed E-state index contributed by atoms with van der Waals surface area (Å²) in [5.41, 5.74) is 5.08. The summed E-state index contributed by atoms with van der Waals surface area (Å²) in [6, 6.07) is 31.1. The van der Waals surface area contributed by atoms with Crippen molar-refractivity contribution in [1.29, 1.82) is 0 Å². The number of anilines is 2. The van der Waals surface area contributed by atoms with E-state index in [1.165, 1.54) is 31.4 Å². The monoisotopic (exact) mass is 545 g/mol. The normalized spacial score (nSPS) is 11.5. The van der Waals surface area contributed by atoms with E-state index in [-0.39, 0.29) is 24.2 Å². The molecule has 0 atom stereocenters. The van der Waals surface area contributed by atoms with Crippen LogP contribution >= 0.6 is 0 Å². The van der Waals surface area contributed by atoms with Gasteiger partial charge in [-0.2, -0.15) is 0 Å². The second-order valence-corrected chi connectivity index (χ2v) is 9.13. The number of methoxy groups -OCH3 is 1. The number of carbonyl (C=O) groups excluding carboxylic acids is 1. The summed E-state index contributed by atoms with van der Waals surface area (Å²) in [6.45, 7) is 0. The highest BCUT2D eigenvalue weighted by molar-refractivity contribution is 5.81. The highest BCUT2D eigenvalue weighted by Crippen LogP contribution is 2.35. The molecular weight excluding hydrogens is 519 g/mol. The van der Waals surface area contributed by atoms with Crippen LogP contribution in [-0.4, -0.2) is 29.0 Å². The van der Waals surface area contributed by atoms with Gasteiger partial charge in [0.25, 0.3) is 0 Å². The van der Waals surface area contributed by atoms with Crippen molar-refractivity contribution < 1.29 is 27.4 Å². The molecule has 1 heterocycles. The zero-order valence-electron chi connectivity index (χ0n) is 21.6. The van der Waals surface area contributed by atoms with E-state index in [2.05, 4.69) is 14.6 Å². The molecule has 204 valence electrons. The van der Waals surface area contributed by atoms with Crippen molar-refractivity contribution in [3.63, 3.8) is 0 Å². The molecule has 5 aromatic rings. The van der Waals surface area contributed by atoms with Gasteiger partial charge < -0.3 is 14.8 Å². The second-order valence-electron chi connectivity index (χ2n) is 9.13. The van der Waals surface area contributed by atoms with Crippen LogP contribution in [0.25, 0.3) is 11.0 Å². The van der Waals surface area contributed by atoms with Gasteiger partial charge in [-0.15, -0.1) is 13.2 Å². The van der Waals surface area contributed by atoms with Crippen LogP contribution in [0.5, 0.6) is 5.75 Å². The number of nitrogens with one attached hydrogen (secondary N) is 1. The van der Waals surface area contributed by atoms with Gasteiger partial charge in [-0.1, -0.05) is 66.7 Å². The molecule has 0 spiro atoms. The minimum Gasteiger partial charge on any atom is -0.469 e.